The molecule has 0 bridgehead atoms. The minimum atomic E-state index is -0.500. The van der Waals surface area contributed by atoms with Crippen molar-refractivity contribution in [3.63, 3.8) is 0 Å². The summed E-state index contributed by atoms with van der Waals surface area (Å²) in [6.45, 7) is 3.86. The third kappa shape index (κ3) is 2.76. The van der Waals surface area contributed by atoms with Crippen LogP contribution in [0.15, 0.2) is 36.5 Å². The Morgan fingerprint density at radius 3 is 2.65 bits per heavy atom. The predicted octanol–water partition coefficient (Wildman–Crippen LogP) is 3.48. The standard InChI is InChI=1S/C18H14ClN5O2/c1-3-26-18(25)11-8-15(19)23-24-9-14(22-17(11)24)16-10(2)20-12-6-4-5-7-13(12)21-16/h4-9H,3H2,1-2H3. The number of para-hydroxylation sites is 2. The first-order valence-corrected chi connectivity index (χ1v) is 8.41. The van der Waals surface area contributed by atoms with E-state index < -0.39 is 5.97 Å². The molecule has 0 N–H and O–H groups in total. The first-order chi connectivity index (χ1) is 12.6. The van der Waals surface area contributed by atoms with E-state index in [-0.39, 0.29) is 17.3 Å². The largest absolute Gasteiger partial charge is 0.462 e. The van der Waals surface area contributed by atoms with E-state index in [9.17, 15) is 4.79 Å². The lowest BCUT2D eigenvalue weighted by molar-refractivity contribution is 0.0527. The lowest BCUT2D eigenvalue weighted by atomic mass is 10.2. The molecule has 0 unspecified atom stereocenters. The number of carbonyl (C=O) groups excluding carboxylic acids is 1. The highest BCUT2D eigenvalue weighted by atomic mass is 35.5. The van der Waals surface area contributed by atoms with E-state index in [0.29, 0.717) is 17.0 Å². The summed E-state index contributed by atoms with van der Waals surface area (Å²) >= 11 is 6.04. The van der Waals surface area contributed by atoms with Crippen molar-refractivity contribution < 1.29 is 9.53 Å². The molecule has 0 radical (unpaired) electrons. The molecule has 4 rings (SSSR count). The summed E-state index contributed by atoms with van der Waals surface area (Å²) in [7, 11) is 0. The molecule has 26 heavy (non-hydrogen) atoms. The van der Waals surface area contributed by atoms with Crippen LogP contribution in [-0.2, 0) is 4.74 Å². The quantitative estimate of drug-likeness (QED) is 0.515. The molecule has 0 aliphatic heterocycles. The highest BCUT2D eigenvalue weighted by molar-refractivity contribution is 6.29. The smallest absolute Gasteiger partial charge is 0.342 e. The van der Waals surface area contributed by atoms with E-state index in [0.717, 1.165) is 16.7 Å². The summed E-state index contributed by atoms with van der Waals surface area (Å²) in [5.41, 5.74) is 4.10. The minimum Gasteiger partial charge on any atom is -0.462 e. The Morgan fingerprint density at radius 2 is 1.92 bits per heavy atom. The van der Waals surface area contributed by atoms with E-state index >= 15 is 0 Å². The molecule has 0 atom stereocenters. The summed E-state index contributed by atoms with van der Waals surface area (Å²) in [4.78, 5) is 26.0. The third-order valence-electron chi connectivity index (χ3n) is 3.88. The van der Waals surface area contributed by atoms with Crippen LogP contribution in [0.25, 0.3) is 28.1 Å². The van der Waals surface area contributed by atoms with Gasteiger partial charge in [0, 0.05) is 0 Å². The second-order valence-corrected chi connectivity index (χ2v) is 6.03. The maximum Gasteiger partial charge on any atom is 0.342 e. The molecule has 0 saturated carbocycles. The average Bonchev–Trinajstić information content (AvgIpc) is 3.04. The number of benzene rings is 1. The van der Waals surface area contributed by atoms with Crippen molar-refractivity contribution in [1.82, 2.24) is 24.6 Å². The first kappa shape index (κ1) is 16.4. The normalized spacial score (nSPS) is 11.2. The third-order valence-corrected chi connectivity index (χ3v) is 4.06. The molecule has 0 spiro atoms. The summed E-state index contributed by atoms with van der Waals surface area (Å²) in [5, 5.41) is 4.35. The van der Waals surface area contributed by atoms with E-state index in [1.165, 1.54) is 10.6 Å². The first-order valence-electron chi connectivity index (χ1n) is 8.03. The van der Waals surface area contributed by atoms with Gasteiger partial charge in [-0.25, -0.2) is 24.3 Å². The van der Waals surface area contributed by atoms with Crippen LogP contribution in [0, 0.1) is 6.92 Å². The van der Waals surface area contributed by atoms with Crippen LogP contribution in [-0.4, -0.2) is 37.1 Å². The van der Waals surface area contributed by atoms with E-state index in [1.807, 2.05) is 31.2 Å². The Hall–Kier alpha value is -3.06. The summed E-state index contributed by atoms with van der Waals surface area (Å²) in [6.07, 6.45) is 1.68. The number of esters is 1. The van der Waals surface area contributed by atoms with Gasteiger partial charge in [0.05, 0.1) is 29.5 Å². The number of hydrogen-bond donors (Lipinski definition) is 0. The van der Waals surface area contributed by atoms with Crippen molar-refractivity contribution >= 4 is 34.3 Å². The second-order valence-electron chi connectivity index (χ2n) is 5.64. The molecule has 3 aromatic heterocycles. The second kappa shape index (κ2) is 6.34. The van der Waals surface area contributed by atoms with Crippen molar-refractivity contribution in [1.29, 1.82) is 0 Å². The van der Waals surface area contributed by atoms with Crippen molar-refractivity contribution in [3.8, 4) is 11.4 Å². The van der Waals surface area contributed by atoms with E-state index in [1.54, 1.807) is 13.1 Å². The highest BCUT2D eigenvalue weighted by Crippen LogP contribution is 2.24. The Balaban J connectivity index is 1.92. The number of hydrogen-bond acceptors (Lipinski definition) is 6. The Labute approximate surface area is 153 Å². The maximum atomic E-state index is 12.2. The number of aromatic nitrogens is 5. The van der Waals surface area contributed by atoms with E-state index in [4.69, 9.17) is 16.3 Å². The Bertz CT molecular complexity index is 1160. The van der Waals surface area contributed by atoms with Gasteiger partial charge in [0.1, 0.15) is 17.0 Å². The molecule has 0 aliphatic rings. The van der Waals surface area contributed by atoms with Gasteiger partial charge in [-0.3, -0.25) is 0 Å². The number of halogens is 1. The zero-order chi connectivity index (χ0) is 18.3. The van der Waals surface area contributed by atoms with Crippen LogP contribution in [0.3, 0.4) is 0 Å². The van der Waals surface area contributed by atoms with Gasteiger partial charge in [0.15, 0.2) is 10.8 Å². The monoisotopic (exact) mass is 367 g/mol. The van der Waals surface area contributed by atoms with Crippen LogP contribution in [0.5, 0.6) is 0 Å². The molecule has 0 aliphatic carbocycles. The molecule has 0 fully saturated rings. The lowest BCUT2D eigenvalue weighted by Crippen LogP contribution is -2.08. The summed E-state index contributed by atoms with van der Waals surface area (Å²) in [5.74, 6) is -0.500. The Morgan fingerprint density at radius 1 is 1.19 bits per heavy atom. The fourth-order valence-corrected chi connectivity index (χ4v) is 2.94. The zero-order valence-corrected chi connectivity index (χ0v) is 14.9. The SMILES string of the molecule is CCOC(=O)c1cc(Cl)nn2cc(-c3nc4ccccc4nc3C)nc12. The molecule has 130 valence electrons. The van der Waals surface area contributed by atoms with Gasteiger partial charge in [-0.15, -0.1) is 0 Å². The van der Waals surface area contributed by atoms with Gasteiger partial charge in [0.2, 0.25) is 0 Å². The number of rotatable bonds is 3. The number of imidazole rings is 1. The average molecular weight is 368 g/mol. The molecule has 7 nitrogen and oxygen atoms in total. The highest BCUT2D eigenvalue weighted by Gasteiger charge is 2.19. The van der Waals surface area contributed by atoms with Crippen LogP contribution in [0.2, 0.25) is 5.15 Å². The number of carbonyl (C=O) groups is 1. The maximum absolute atomic E-state index is 12.2. The number of fused-ring (bicyclic) bond motifs is 2. The topological polar surface area (TPSA) is 82.3 Å². The number of nitrogens with zero attached hydrogens (tertiary/aromatic N) is 5. The fourth-order valence-electron chi connectivity index (χ4n) is 2.75. The van der Waals surface area contributed by atoms with Gasteiger partial charge in [-0.1, -0.05) is 23.7 Å². The molecule has 3 heterocycles. The molecule has 4 aromatic rings. The molecular weight excluding hydrogens is 354 g/mol. The van der Waals surface area contributed by atoms with Gasteiger partial charge in [-0.05, 0) is 32.0 Å². The summed E-state index contributed by atoms with van der Waals surface area (Å²) in [6, 6.07) is 9.06. The minimum absolute atomic E-state index is 0.172. The van der Waals surface area contributed by atoms with Crippen LogP contribution in [0.4, 0.5) is 0 Å². The van der Waals surface area contributed by atoms with E-state index in [2.05, 4.69) is 20.1 Å². The molecule has 0 saturated heterocycles. The summed E-state index contributed by atoms with van der Waals surface area (Å²) < 4.78 is 6.54. The fraction of sp³-hybridized carbons (Fsp3) is 0.167. The lowest BCUT2D eigenvalue weighted by Gasteiger charge is -2.03. The van der Waals surface area contributed by atoms with Crippen LogP contribution < -0.4 is 0 Å². The van der Waals surface area contributed by atoms with Crippen molar-refractivity contribution in [3.05, 3.63) is 52.9 Å². The van der Waals surface area contributed by atoms with Crippen LogP contribution >= 0.6 is 11.6 Å². The van der Waals surface area contributed by atoms with Gasteiger partial charge < -0.3 is 4.74 Å². The molecule has 0 amide bonds. The Kier molecular flexibility index (Phi) is 4.00. The molecular formula is C18H14ClN5O2. The van der Waals surface area contributed by atoms with Crippen molar-refractivity contribution in [2.75, 3.05) is 6.61 Å². The zero-order valence-electron chi connectivity index (χ0n) is 14.1. The van der Waals surface area contributed by atoms with Gasteiger partial charge in [-0.2, -0.15) is 5.10 Å². The van der Waals surface area contributed by atoms with Crippen molar-refractivity contribution in [2.45, 2.75) is 13.8 Å². The van der Waals surface area contributed by atoms with Crippen LogP contribution in [0.1, 0.15) is 23.0 Å². The van der Waals surface area contributed by atoms with Gasteiger partial charge in [0.25, 0.3) is 0 Å². The number of aryl methyl sites for hydroxylation is 1. The number of ether oxygens (including phenoxy) is 1. The van der Waals surface area contributed by atoms with Gasteiger partial charge >= 0.3 is 5.97 Å². The molecule has 8 heteroatoms. The van der Waals surface area contributed by atoms with Crippen molar-refractivity contribution in [2.24, 2.45) is 0 Å². The molecule has 1 aromatic carbocycles. The predicted molar refractivity (Wildman–Crippen MR) is 97.2 cm³/mol.